The number of carbonyl (C=O) groups is 2. The topological polar surface area (TPSA) is 104 Å². The maximum absolute atomic E-state index is 12.7. The van der Waals surface area contributed by atoms with E-state index >= 15 is 0 Å². The molecule has 3 rings (SSSR count). The second kappa shape index (κ2) is 5.18. The number of fused-ring (bicyclic) bond motifs is 2. The van der Waals surface area contributed by atoms with Gasteiger partial charge >= 0.3 is 5.97 Å². The van der Waals surface area contributed by atoms with Gasteiger partial charge in [-0.1, -0.05) is 23.2 Å². The van der Waals surface area contributed by atoms with Crippen LogP contribution in [0.1, 0.15) is 15.9 Å². The Bertz CT molecular complexity index is 824. The molecule has 6 nitrogen and oxygen atoms in total. The summed E-state index contributed by atoms with van der Waals surface area (Å²) in [5.74, 6) is -4.18. The van der Waals surface area contributed by atoms with Crippen molar-refractivity contribution in [2.24, 2.45) is 5.92 Å². The number of hydrogen-bond donors (Lipinski definition) is 3. The summed E-state index contributed by atoms with van der Waals surface area (Å²) < 4.78 is 5.59. The number of ether oxygens (including phenoxy) is 1. The number of aliphatic hydroxyl groups excluding tert-OH is 1. The SMILES string of the molecule is Cc1c(Cl)c(O)c2c(c1Cl)OC1C=C(O)C=C(C(=O)O)C1C2=O. The average Bonchev–Trinajstić information content (AvgIpc) is 2.49. The first-order chi connectivity index (χ1) is 10.7. The fourth-order valence-corrected chi connectivity index (χ4v) is 3.20. The average molecular weight is 357 g/mol. The zero-order chi connectivity index (χ0) is 17.0. The first-order valence-electron chi connectivity index (χ1n) is 6.51. The van der Waals surface area contributed by atoms with Gasteiger partial charge in [0.25, 0.3) is 0 Å². The molecular weight excluding hydrogens is 347 g/mol. The monoisotopic (exact) mass is 356 g/mol. The van der Waals surface area contributed by atoms with E-state index in [9.17, 15) is 24.9 Å². The minimum Gasteiger partial charge on any atom is -0.508 e. The molecule has 120 valence electrons. The quantitative estimate of drug-likeness (QED) is 0.714. The first-order valence-corrected chi connectivity index (χ1v) is 7.26. The number of benzene rings is 1. The van der Waals surface area contributed by atoms with Crippen LogP contribution in [-0.4, -0.2) is 33.2 Å². The van der Waals surface area contributed by atoms with Crippen LogP contribution in [0.4, 0.5) is 0 Å². The molecule has 1 aliphatic heterocycles. The Labute approximate surface area is 140 Å². The van der Waals surface area contributed by atoms with Gasteiger partial charge in [0.15, 0.2) is 11.5 Å². The Morgan fingerprint density at radius 2 is 1.91 bits per heavy atom. The number of hydrogen-bond acceptors (Lipinski definition) is 5. The van der Waals surface area contributed by atoms with Crippen molar-refractivity contribution in [1.82, 2.24) is 0 Å². The lowest BCUT2D eigenvalue weighted by Crippen LogP contribution is -2.41. The lowest BCUT2D eigenvalue weighted by molar-refractivity contribution is -0.133. The summed E-state index contributed by atoms with van der Waals surface area (Å²) in [6, 6.07) is 0. The fraction of sp³-hybridized carbons (Fsp3) is 0.200. The summed E-state index contributed by atoms with van der Waals surface area (Å²) in [6.45, 7) is 1.54. The summed E-state index contributed by atoms with van der Waals surface area (Å²) in [7, 11) is 0. The molecule has 0 bridgehead atoms. The normalized spacial score (nSPS) is 22.5. The van der Waals surface area contributed by atoms with Gasteiger partial charge in [-0.3, -0.25) is 4.79 Å². The molecule has 3 N–H and O–H groups in total. The molecule has 1 aromatic rings. The van der Waals surface area contributed by atoms with Crippen LogP contribution >= 0.6 is 23.2 Å². The van der Waals surface area contributed by atoms with Gasteiger partial charge in [-0.05, 0) is 24.6 Å². The number of Topliss-reactive ketones (excluding diaryl/α,β-unsaturated/α-hetero) is 1. The van der Waals surface area contributed by atoms with Crippen molar-refractivity contribution in [1.29, 1.82) is 0 Å². The van der Waals surface area contributed by atoms with Gasteiger partial charge in [0.1, 0.15) is 23.2 Å². The van der Waals surface area contributed by atoms with Crippen molar-refractivity contribution in [2.75, 3.05) is 0 Å². The number of carboxylic acid groups (broad SMARTS) is 1. The van der Waals surface area contributed by atoms with Crippen LogP contribution in [0.2, 0.25) is 10.0 Å². The lowest BCUT2D eigenvalue weighted by Gasteiger charge is -2.34. The van der Waals surface area contributed by atoms with Gasteiger partial charge in [0.2, 0.25) is 0 Å². The second-order valence-electron chi connectivity index (χ2n) is 5.23. The van der Waals surface area contributed by atoms with Gasteiger partial charge in [0, 0.05) is 0 Å². The Morgan fingerprint density at radius 1 is 1.26 bits per heavy atom. The summed E-state index contributed by atoms with van der Waals surface area (Å²) in [4.78, 5) is 24.1. The number of phenolic OH excluding ortho intramolecular Hbond substituents is 1. The van der Waals surface area contributed by atoms with Crippen molar-refractivity contribution in [3.63, 3.8) is 0 Å². The Kier molecular flexibility index (Phi) is 3.54. The molecule has 2 atom stereocenters. The lowest BCUT2D eigenvalue weighted by atomic mass is 9.80. The molecule has 0 saturated heterocycles. The predicted octanol–water partition coefficient (Wildman–Crippen LogP) is 3.03. The number of ketones is 1. The van der Waals surface area contributed by atoms with Crippen LogP contribution in [0, 0.1) is 12.8 Å². The first kappa shape index (κ1) is 15.7. The zero-order valence-electron chi connectivity index (χ0n) is 11.6. The van der Waals surface area contributed by atoms with E-state index in [0.29, 0.717) is 5.56 Å². The van der Waals surface area contributed by atoms with Crippen LogP contribution in [0.3, 0.4) is 0 Å². The van der Waals surface area contributed by atoms with Gasteiger partial charge < -0.3 is 20.1 Å². The molecule has 0 spiro atoms. The molecule has 23 heavy (non-hydrogen) atoms. The van der Waals surface area contributed by atoms with E-state index in [2.05, 4.69) is 0 Å². The van der Waals surface area contributed by atoms with Crippen LogP contribution < -0.4 is 4.74 Å². The number of carboxylic acids is 1. The van der Waals surface area contributed by atoms with Crippen molar-refractivity contribution < 1.29 is 29.6 Å². The van der Waals surface area contributed by atoms with Crippen molar-refractivity contribution >= 4 is 35.0 Å². The van der Waals surface area contributed by atoms with E-state index in [0.717, 1.165) is 6.08 Å². The Balaban J connectivity index is 2.26. The van der Waals surface area contributed by atoms with Crippen LogP contribution in [-0.2, 0) is 4.79 Å². The maximum atomic E-state index is 12.7. The van der Waals surface area contributed by atoms with E-state index in [-0.39, 0.29) is 32.7 Å². The minimum absolute atomic E-state index is 0.0499. The fourth-order valence-electron chi connectivity index (χ4n) is 2.73. The predicted molar refractivity (Wildman–Crippen MR) is 81.5 cm³/mol. The molecule has 0 fully saturated rings. The molecule has 1 heterocycles. The number of aliphatic hydroxyl groups is 1. The molecule has 0 amide bonds. The van der Waals surface area contributed by atoms with Crippen molar-refractivity contribution in [2.45, 2.75) is 13.0 Å². The van der Waals surface area contributed by atoms with Crippen LogP contribution in [0.25, 0.3) is 0 Å². The third kappa shape index (κ3) is 2.17. The third-order valence-corrected chi connectivity index (χ3v) is 4.78. The highest BCUT2D eigenvalue weighted by atomic mass is 35.5. The van der Waals surface area contributed by atoms with Crippen LogP contribution in [0.15, 0.2) is 23.5 Å². The summed E-state index contributed by atoms with van der Waals surface area (Å²) in [5.41, 5.74) is -0.263. The van der Waals surface area contributed by atoms with Crippen molar-refractivity contribution in [3.8, 4) is 11.5 Å². The molecule has 0 aromatic heterocycles. The molecule has 1 aromatic carbocycles. The molecule has 1 aliphatic carbocycles. The van der Waals surface area contributed by atoms with E-state index in [1.54, 1.807) is 6.92 Å². The molecular formula is C15H10Cl2O6. The van der Waals surface area contributed by atoms with Gasteiger partial charge in [-0.15, -0.1) is 0 Å². The number of phenols is 1. The Morgan fingerprint density at radius 3 is 2.52 bits per heavy atom. The van der Waals surface area contributed by atoms with E-state index in [1.165, 1.54) is 6.08 Å². The van der Waals surface area contributed by atoms with Gasteiger partial charge in [-0.25, -0.2) is 4.79 Å². The Hall–Kier alpha value is -2.18. The highest BCUT2D eigenvalue weighted by Gasteiger charge is 2.46. The molecule has 2 aliphatic rings. The molecule has 2 unspecified atom stereocenters. The number of carbonyl (C=O) groups excluding carboxylic acids is 1. The summed E-state index contributed by atoms with van der Waals surface area (Å²) in [6.07, 6.45) is 1.16. The summed E-state index contributed by atoms with van der Waals surface area (Å²) in [5, 5.41) is 29.0. The highest BCUT2D eigenvalue weighted by molar-refractivity contribution is 6.39. The number of allylic oxidation sites excluding steroid dienone is 1. The molecule has 8 heteroatoms. The molecule has 0 radical (unpaired) electrons. The third-order valence-electron chi connectivity index (χ3n) is 3.86. The zero-order valence-corrected chi connectivity index (χ0v) is 13.1. The maximum Gasteiger partial charge on any atom is 0.332 e. The molecule has 0 saturated carbocycles. The number of aromatic hydroxyl groups is 1. The van der Waals surface area contributed by atoms with E-state index in [4.69, 9.17) is 27.9 Å². The smallest absolute Gasteiger partial charge is 0.332 e. The van der Waals surface area contributed by atoms with Gasteiger partial charge in [0.05, 0.1) is 21.5 Å². The second-order valence-corrected chi connectivity index (χ2v) is 5.98. The minimum atomic E-state index is -1.37. The van der Waals surface area contributed by atoms with E-state index < -0.39 is 29.5 Å². The highest BCUT2D eigenvalue weighted by Crippen LogP contribution is 2.49. The largest absolute Gasteiger partial charge is 0.508 e. The van der Waals surface area contributed by atoms with E-state index in [1.807, 2.05) is 0 Å². The van der Waals surface area contributed by atoms with Crippen molar-refractivity contribution in [3.05, 3.63) is 44.7 Å². The number of halogens is 2. The number of aliphatic carboxylic acids is 1. The standard InChI is InChI=1S/C15H10Cl2O6/c1-4-10(16)13(20)9-12(19)8-6(15(21)22)2-5(18)3-7(8)23-14(9)11(4)17/h2-3,7-8,18,20H,1H3,(H,21,22). The number of rotatable bonds is 1. The van der Waals surface area contributed by atoms with Crippen LogP contribution in [0.5, 0.6) is 11.5 Å². The summed E-state index contributed by atoms with van der Waals surface area (Å²) >= 11 is 12.1. The van der Waals surface area contributed by atoms with Gasteiger partial charge in [-0.2, -0.15) is 0 Å².